The van der Waals surface area contributed by atoms with E-state index >= 15 is 0 Å². The van der Waals surface area contributed by atoms with Crippen LogP contribution in [-0.2, 0) is 17.4 Å². The number of carbonyl (C=O) groups is 1. The first-order valence-electron chi connectivity index (χ1n) is 7.16. The zero-order valence-electron chi connectivity index (χ0n) is 12.3. The first-order chi connectivity index (χ1) is 11.3. The number of nitrogens with one attached hydrogen (secondary N) is 2. The number of hydrogen-bond donors (Lipinski definition) is 2. The molecule has 0 saturated carbocycles. The molecule has 3 rings (SSSR count). The van der Waals surface area contributed by atoms with Gasteiger partial charge in [0.25, 0.3) is 5.56 Å². The van der Waals surface area contributed by atoms with Crippen LogP contribution in [0.25, 0.3) is 0 Å². The lowest BCUT2D eigenvalue weighted by Crippen LogP contribution is -2.34. The minimum atomic E-state index is -4.61. The summed E-state index contributed by atoms with van der Waals surface area (Å²) in [4.78, 5) is 25.9. The van der Waals surface area contributed by atoms with Gasteiger partial charge in [-0.1, -0.05) is 18.2 Å². The fourth-order valence-electron chi connectivity index (χ4n) is 2.47. The van der Waals surface area contributed by atoms with Crippen molar-refractivity contribution in [1.29, 1.82) is 0 Å². The maximum atomic E-state index is 12.7. The Morgan fingerprint density at radius 1 is 1.29 bits per heavy atom. The summed E-state index contributed by atoms with van der Waals surface area (Å²) in [5, 5.41) is 2.26. The van der Waals surface area contributed by atoms with Crippen molar-refractivity contribution in [2.75, 3.05) is 11.9 Å². The molecular weight excluding hydrogens is 325 g/mol. The fraction of sp³-hybridized carbons (Fsp3) is 0.250. The molecule has 2 aromatic rings. The lowest BCUT2D eigenvalue weighted by atomic mass is 9.96. The molecule has 1 aromatic carbocycles. The van der Waals surface area contributed by atoms with Crippen LogP contribution >= 0.6 is 0 Å². The van der Waals surface area contributed by atoms with E-state index in [1.54, 1.807) is 18.2 Å². The highest BCUT2D eigenvalue weighted by Crippen LogP contribution is 2.30. The van der Waals surface area contributed by atoms with E-state index in [0.29, 0.717) is 24.4 Å². The predicted molar refractivity (Wildman–Crippen MR) is 79.8 cm³/mol. The van der Waals surface area contributed by atoms with Gasteiger partial charge in [0.2, 0.25) is 5.91 Å². The Kier molecular flexibility index (Phi) is 4.04. The molecule has 5 nitrogen and oxygen atoms in total. The van der Waals surface area contributed by atoms with Gasteiger partial charge in [0.1, 0.15) is 18.0 Å². The fourth-order valence-corrected chi connectivity index (χ4v) is 2.47. The number of H-pyrrole nitrogens is 1. The second kappa shape index (κ2) is 6.03. The third-order valence-electron chi connectivity index (χ3n) is 3.74. The SMILES string of the molecule is O=C(Nc1cc(C(F)(F)F)c[nH]c1=O)[C@H]1COc2ccccc2C1. The molecule has 0 aliphatic carbocycles. The van der Waals surface area contributed by atoms with Gasteiger partial charge in [0.15, 0.2) is 0 Å². The van der Waals surface area contributed by atoms with Crippen molar-refractivity contribution in [3.05, 3.63) is 58.0 Å². The van der Waals surface area contributed by atoms with Crippen LogP contribution in [0.2, 0.25) is 0 Å². The monoisotopic (exact) mass is 338 g/mol. The second-order valence-electron chi connectivity index (χ2n) is 5.44. The molecule has 1 amide bonds. The number of benzene rings is 1. The lowest BCUT2D eigenvalue weighted by Gasteiger charge is -2.24. The summed E-state index contributed by atoms with van der Waals surface area (Å²) in [6.45, 7) is 0.0969. The Hall–Kier alpha value is -2.77. The third-order valence-corrected chi connectivity index (χ3v) is 3.74. The van der Waals surface area contributed by atoms with Crippen molar-refractivity contribution in [2.45, 2.75) is 12.6 Å². The van der Waals surface area contributed by atoms with Crippen LogP contribution in [0.1, 0.15) is 11.1 Å². The van der Waals surface area contributed by atoms with Crippen molar-refractivity contribution in [3.63, 3.8) is 0 Å². The molecule has 0 unspecified atom stereocenters. The standard InChI is InChI=1S/C16H13F3N2O3/c17-16(18,19)11-6-12(15(23)20-7-11)21-14(22)10-5-9-3-1-2-4-13(9)24-8-10/h1-4,6-7,10H,5,8H2,(H,20,23)(H,21,22)/t10-/m1/s1. The third kappa shape index (κ3) is 3.27. The van der Waals surface area contributed by atoms with Crippen molar-refractivity contribution < 1.29 is 22.7 Å². The molecule has 0 bridgehead atoms. The van der Waals surface area contributed by atoms with Gasteiger partial charge >= 0.3 is 6.18 Å². The van der Waals surface area contributed by atoms with Gasteiger partial charge in [-0.3, -0.25) is 9.59 Å². The van der Waals surface area contributed by atoms with E-state index < -0.39 is 34.8 Å². The number of pyridine rings is 1. The Bertz CT molecular complexity index is 830. The molecule has 2 heterocycles. The molecule has 126 valence electrons. The van der Waals surface area contributed by atoms with E-state index in [1.165, 1.54) is 0 Å². The smallest absolute Gasteiger partial charge is 0.417 e. The Labute approximate surface area is 134 Å². The van der Waals surface area contributed by atoms with E-state index in [4.69, 9.17) is 4.74 Å². The first-order valence-corrected chi connectivity index (χ1v) is 7.16. The summed E-state index contributed by atoms with van der Waals surface area (Å²) < 4.78 is 43.6. The van der Waals surface area contributed by atoms with Crippen LogP contribution in [-0.4, -0.2) is 17.5 Å². The van der Waals surface area contributed by atoms with Gasteiger partial charge in [0.05, 0.1) is 11.5 Å². The molecule has 1 aliphatic rings. The van der Waals surface area contributed by atoms with Crippen LogP contribution in [0.5, 0.6) is 5.75 Å². The number of anilines is 1. The maximum Gasteiger partial charge on any atom is 0.417 e. The second-order valence-corrected chi connectivity index (χ2v) is 5.44. The van der Waals surface area contributed by atoms with Gasteiger partial charge in [-0.25, -0.2) is 0 Å². The molecule has 0 spiro atoms. The van der Waals surface area contributed by atoms with Gasteiger partial charge in [-0.15, -0.1) is 0 Å². The quantitative estimate of drug-likeness (QED) is 0.884. The topological polar surface area (TPSA) is 71.2 Å². The predicted octanol–water partition coefficient (Wildman–Crippen LogP) is 2.58. The average molecular weight is 338 g/mol. The number of alkyl halides is 3. The van der Waals surface area contributed by atoms with Gasteiger partial charge < -0.3 is 15.0 Å². The molecule has 24 heavy (non-hydrogen) atoms. The number of ether oxygens (including phenoxy) is 1. The van der Waals surface area contributed by atoms with Crippen molar-refractivity contribution in [2.24, 2.45) is 5.92 Å². The number of fused-ring (bicyclic) bond motifs is 1. The van der Waals surface area contributed by atoms with Crippen molar-refractivity contribution >= 4 is 11.6 Å². The zero-order valence-corrected chi connectivity index (χ0v) is 12.3. The minimum Gasteiger partial charge on any atom is -0.492 e. The Morgan fingerprint density at radius 3 is 2.79 bits per heavy atom. The summed E-state index contributed by atoms with van der Waals surface area (Å²) >= 11 is 0. The number of para-hydroxylation sites is 1. The Balaban J connectivity index is 1.77. The first kappa shape index (κ1) is 16.1. The molecule has 8 heteroatoms. The van der Waals surface area contributed by atoms with E-state index in [-0.39, 0.29) is 6.61 Å². The van der Waals surface area contributed by atoms with Crippen LogP contribution < -0.4 is 15.6 Å². The number of halogens is 3. The summed E-state index contributed by atoms with van der Waals surface area (Å²) in [7, 11) is 0. The highest BCUT2D eigenvalue weighted by Gasteiger charge is 2.32. The summed E-state index contributed by atoms with van der Waals surface area (Å²) in [5.74, 6) is -0.471. The molecule has 2 N–H and O–H groups in total. The Morgan fingerprint density at radius 2 is 2.04 bits per heavy atom. The number of aromatic amines is 1. The largest absolute Gasteiger partial charge is 0.492 e. The van der Waals surface area contributed by atoms with E-state index in [9.17, 15) is 22.8 Å². The molecule has 0 fully saturated rings. The van der Waals surface area contributed by atoms with Gasteiger partial charge in [-0.05, 0) is 24.1 Å². The molecule has 1 aromatic heterocycles. The van der Waals surface area contributed by atoms with Crippen LogP contribution in [0.3, 0.4) is 0 Å². The molecular formula is C16H13F3N2O3. The highest BCUT2D eigenvalue weighted by atomic mass is 19.4. The van der Waals surface area contributed by atoms with Crippen molar-refractivity contribution in [1.82, 2.24) is 4.98 Å². The number of carbonyl (C=O) groups excluding carboxylic acids is 1. The number of rotatable bonds is 2. The maximum absolute atomic E-state index is 12.7. The van der Waals surface area contributed by atoms with E-state index in [2.05, 4.69) is 5.32 Å². The zero-order chi connectivity index (χ0) is 17.3. The summed E-state index contributed by atoms with van der Waals surface area (Å²) in [5.41, 5.74) is -1.44. The minimum absolute atomic E-state index is 0.0969. The molecule has 0 saturated heterocycles. The number of amides is 1. The van der Waals surface area contributed by atoms with Crippen LogP contribution in [0.4, 0.5) is 18.9 Å². The normalized spacial score (nSPS) is 16.9. The number of hydrogen-bond acceptors (Lipinski definition) is 3. The molecule has 0 radical (unpaired) electrons. The summed E-state index contributed by atoms with van der Waals surface area (Å²) in [6, 6.07) is 7.82. The van der Waals surface area contributed by atoms with Gasteiger partial charge in [-0.2, -0.15) is 13.2 Å². The van der Waals surface area contributed by atoms with E-state index in [1.807, 2.05) is 11.1 Å². The number of aromatic nitrogens is 1. The van der Waals surface area contributed by atoms with E-state index in [0.717, 1.165) is 5.56 Å². The van der Waals surface area contributed by atoms with Crippen LogP contribution in [0, 0.1) is 5.92 Å². The van der Waals surface area contributed by atoms with Crippen molar-refractivity contribution in [3.8, 4) is 5.75 Å². The van der Waals surface area contributed by atoms with Gasteiger partial charge in [0, 0.05) is 6.20 Å². The summed E-state index contributed by atoms with van der Waals surface area (Å²) in [6.07, 6.45) is -3.66. The average Bonchev–Trinajstić information content (AvgIpc) is 2.55. The molecule has 1 aliphatic heterocycles. The lowest BCUT2D eigenvalue weighted by molar-refractivity contribution is -0.137. The highest BCUT2D eigenvalue weighted by molar-refractivity contribution is 5.93. The van der Waals surface area contributed by atoms with Crippen LogP contribution in [0.15, 0.2) is 41.3 Å². The molecule has 1 atom stereocenters.